The maximum Gasteiger partial charge on any atom is 0.313 e. The highest BCUT2D eigenvalue weighted by molar-refractivity contribution is 5.96. The van der Waals surface area contributed by atoms with E-state index in [-0.39, 0.29) is 30.8 Å². The third-order valence-electron chi connectivity index (χ3n) is 1.76. The second kappa shape index (κ2) is 7.40. The monoisotopic (exact) mass is 216 g/mol. The quantitative estimate of drug-likeness (QED) is 0.368. The zero-order chi connectivity index (χ0) is 11.8. The molecule has 0 fully saturated rings. The van der Waals surface area contributed by atoms with E-state index in [2.05, 4.69) is 0 Å². The minimum Gasteiger partial charge on any atom is -0.463 e. The lowest BCUT2D eigenvalue weighted by atomic mass is 10.1. The minimum atomic E-state index is -0.471. The average molecular weight is 216 g/mol. The molecule has 0 spiro atoms. The Balaban J connectivity index is 3.54. The lowest BCUT2D eigenvalue weighted by Gasteiger charge is -2.08. The fourth-order valence-corrected chi connectivity index (χ4v) is 0.837. The van der Waals surface area contributed by atoms with E-state index in [1.54, 1.807) is 13.8 Å². The van der Waals surface area contributed by atoms with Gasteiger partial charge in [-0.25, -0.2) is 0 Å². The van der Waals surface area contributed by atoms with Gasteiger partial charge in [0.15, 0.2) is 0 Å². The van der Waals surface area contributed by atoms with Gasteiger partial charge in [-0.1, -0.05) is 13.8 Å². The number of Topliss-reactive ketones (excluding diaryl/α,β-unsaturated/α-hetero) is 1. The van der Waals surface area contributed by atoms with Crippen LogP contribution in [0.25, 0.3) is 0 Å². The molecule has 88 valence electrons. The summed E-state index contributed by atoms with van der Waals surface area (Å²) in [5.41, 5.74) is 0. The van der Waals surface area contributed by atoms with E-state index in [1.165, 1.54) is 0 Å². The van der Waals surface area contributed by atoms with Crippen molar-refractivity contribution in [3.8, 4) is 0 Å². The van der Waals surface area contributed by atoms with Crippen molar-refractivity contribution in [2.24, 2.45) is 5.92 Å². The fourth-order valence-electron chi connectivity index (χ4n) is 0.837. The first-order valence-electron chi connectivity index (χ1n) is 5.23. The van der Waals surface area contributed by atoms with E-state index in [9.17, 15) is 9.59 Å². The highest BCUT2D eigenvalue weighted by atomic mass is 16.6. The van der Waals surface area contributed by atoms with Crippen LogP contribution in [0.15, 0.2) is 0 Å². The zero-order valence-corrected chi connectivity index (χ0v) is 9.91. The number of ketones is 1. The summed E-state index contributed by atoms with van der Waals surface area (Å²) in [5.74, 6) is -0.685. The number of hydrogen-bond acceptors (Lipinski definition) is 4. The number of rotatable bonds is 7. The second-order valence-electron chi connectivity index (χ2n) is 3.94. The van der Waals surface area contributed by atoms with Crippen molar-refractivity contribution >= 4 is 11.8 Å². The van der Waals surface area contributed by atoms with Crippen LogP contribution < -0.4 is 0 Å². The molecule has 0 radical (unpaired) electrons. The van der Waals surface area contributed by atoms with Gasteiger partial charge in [-0.15, -0.1) is 0 Å². The summed E-state index contributed by atoms with van der Waals surface area (Å²) in [5, 5.41) is 0. The Bertz CT molecular complexity index is 209. The Morgan fingerprint density at radius 3 is 2.13 bits per heavy atom. The Morgan fingerprint density at radius 1 is 1.07 bits per heavy atom. The van der Waals surface area contributed by atoms with Gasteiger partial charge >= 0.3 is 5.97 Å². The number of esters is 1. The van der Waals surface area contributed by atoms with Gasteiger partial charge in [0, 0.05) is 5.92 Å². The smallest absolute Gasteiger partial charge is 0.313 e. The van der Waals surface area contributed by atoms with E-state index in [0.29, 0.717) is 6.61 Å². The van der Waals surface area contributed by atoms with Crippen LogP contribution in [-0.4, -0.2) is 31.1 Å². The molecular weight excluding hydrogens is 196 g/mol. The SMILES string of the molecule is CC(C)OCCOC(=O)CC(=O)C(C)C. The predicted octanol–water partition coefficient (Wildman–Crippen LogP) is 1.57. The topological polar surface area (TPSA) is 52.6 Å². The van der Waals surface area contributed by atoms with Crippen molar-refractivity contribution < 1.29 is 19.1 Å². The van der Waals surface area contributed by atoms with E-state index in [1.807, 2.05) is 13.8 Å². The summed E-state index contributed by atoms with van der Waals surface area (Å²) in [4.78, 5) is 22.3. The van der Waals surface area contributed by atoms with Crippen LogP contribution in [0.4, 0.5) is 0 Å². The lowest BCUT2D eigenvalue weighted by Crippen LogP contribution is -2.18. The first-order valence-corrected chi connectivity index (χ1v) is 5.23. The van der Waals surface area contributed by atoms with Crippen LogP contribution in [0, 0.1) is 5.92 Å². The van der Waals surface area contributed by atoms with E-state index < -0.39 is 5.97 Å². The maximum atomic E-state index is 11.2. The van der Waals surface area contributed by atoms with Crippen molar-refractivity contribution in [3.63, 3.8) is 0 Å². The Hall–Kier alpha value is -0.900. The van der Waals surface area contributed by atoms with Crippen molar-refractivity contribution in [2.45, 2.75) is 40.2 Å². The van der Waals surface area contributed by atoms with Gasteiger partial charge in [0.05, 0.1) is 12.7 Å². The van der Waals surface area contributed by atoms with Crippen molar-refractivity contribution in [3.05, 3.63) is 0 Å². The van der Waals surface area contributed by atoms with E-state index in [0.717, 1.165) is 0 Å². The number of ether oxygens (including phenoxy) is 2. The van der Waals surface area contributed by atoms with E-state index in [4.69, 9.17) is 9.47 Å². The molecule has 0 unspecified atom stereocenters. The third kappa shape index (κ3) is 8.12. The average Bonchev–Trinajstić information content (AvgIpc) is 2.12. The molecule has 0 rings (SSSR count). The molecule has 0 aromatic heterocycles. The zero-order valence-electron chi connectivity index (χ0n) is 9.91. The van der Waals surface area contributed by atoms with Gasteiger partial charge in [0.2, 0.25) is 0 Å². The largest absolute Gasteiger partial charge is 0.463 e. The molecule has 4 heteroatoms. The molecule has 0 amide bonds. The first kappa shape index (κ1) is 14.1. The minimum absolute atomic E-state index is 0.0928. The summed E-state index contributed by atoms with van der Waals surface area (Å²) in [7, 11) is 0. The van der Waals surface area contributed by atoms with Crippen LogP contribution in [0.3, 0.4) is 0 Å². The van der Waals surface area contributed by atoms with Crippen LogP contribution in [0.1, 0.15) is 34.1 Å². The van der Waals surface area contributed by atoms with Crippen molar-refractivity contribution in [2.75, 3.05) is 13.2 Å². The van der Waals surface area contributed by atoms with Gasteiger partial charge in [-0.3, -0.25) is 9.59 Å². The van der Waals surface area contributed by atoms with E-state index >= 15 is 0 Å². The summed E-state index contributed by atoms with van der Waals surface area (Å²) in [6.45, 7) is 7.92. The predicted molar refractivity (Wildman–Crippen MR) is 56.5 cm³/mol. The summed E-state index contributed by atoms with van der Waals surface area (Å²) in [6.07, 6.45) is -0.0136. The molecule has 0 aliphatic rings. The number of carbonyl (C=O) groups excluding carboxylic acids is 2. The first-order chi connectivity index (χ1) is 6.93. The van der Waals surface area contributed by atoms with Gasteiger partial charge in [-0.05, 0) is 13.8 Å². The normalized spacial score (nSPS) is 10.8. The molecular formula is C11H20O4. The Morgan fingerprint density at radius 2 is 1.67 bits per heavy atom. The molecule has 0 saturated carbocycles. The van der Waals surface area contributed by atoms with Gasteiger partial charge in [0.1, 0.15) is 18.8 Å². The van der Waals surface area contributed by atoms with Crippen molar-refractivity contribution in [1.82, 2.24) is 0 Å². The van der Waals surface area contributed by atoms with Crippen LogP contribution >= 0.6 is 0 Å². The molecule has 0 aromatic rings. The Labute approximate surface area is 90.9 Å². The highest BCUT2D eigenvalue weighted by Crippen LogP contribution is 2.00. The van der Waals surface area contributed by atoms with Crippen LogP contribution in [0.5, 0.6) is 0 Å². The van der Waals surface area contributed by atoms with Gasteiger partial charge < -0.3 is 9.47 Å². The number of carbonyl (C=O) groups is 2. The van der Waals surface area contributed by atoms with Gasteiger partial charge in [-0.2, -0.15) is 0 Å². The number of hydrogen-bond donors (Lipinski definition) is 0. The Kier molecular flexibility index (Phi) is 6.96. The molecule has 0 bridgehead atoms. The van der Waals surface area contributed by atoms with Crippen LogP contribution in [0.2, 0.25) is 0 Å². The lowest BCUT2D eigenvalue weighted by molar-refractivity contribution is -0.148. The molecule has 0 aromatic carbocycles. The van der Waals surface area contributed by atoms with Gasteiger partial charge in [0.25, 0.3) is 0 Å². The fraction of sp³-hybridized carbons (Fsp3) is 0.818. The summed E-state index contributed by atoms with van der Waals surface area (Å²) >= 11 is 0. The molecule has 0 aliphatic carbocycles. The summed E-state index contributed by atoms with van der Waals surface area (Å²) < 4.78 is 10.0. The molecule has 0 atom stereocenters. The molecule has 0 heterocycles. The maximum absolute atomic E-state index is 11.2. The van der Waals surface area contributed by atoms with Crippen LogP contribution in [-0.2, 0) is 19.1 Å². The van der Waals surface area contributed by atoms with Crippen molar-refractivity contribution in [1.29, 1.82) is 0 Å². The standard InChI is InChI=1S/C11H20O4/c1-8(2)10(12)7-11(13)15-6-5-14-9(3)4/h8-9H,5-7H2,1-4H3. The molecule has 4 nitrogen and oxygen atoms in total. The second-order valence-corrected chi connectivity index (χ2v) is 3.94. The molecule has 0 saturated heterocycles. The molecule has 15 heavy (non-hydrogen) atoms. The third-order valence-corrected chi connectivity index (χ3v) is 1.76. The molecule has 0 N–H and O–H groups in total. The highest BCUT2D eigenvalue weighted by Gasteiger charge is 2.13. The summed E-state index contributed by atoms with van der Waals surface area (Å²) in [6, 6.07) is 0. The molecule has 0 aliphatic heterocycles.